The average Bonchev–Trinajstić information content (AvgIpc) is 2.96. The van der Waals surface area contributed by atoms with Crippen LogP contribution in [-0.4, -0.2) is 25.6 Å². The van der Waals surface area contributed by atoms with E-state index in [2.05, 4.69) is 15.4 Å². The van der Waals surface area contributed by atoms with E-state index in [0.717, 1.165) is 24.9 Å². The van der Waals surface area contributed by atoms with Crippen molar-refractivity contribution in [1.29, 1.82) is 0 Å². The van der Waals surface area contributed by atoms with Crippen molar-refractivity contribution < 1.29 is 18.3 Å². The first kappa shape index (κ1) is 15.7. The highest BCUT2D eigenvalue weighted by Crippen LogP contribution is 2.29. The van der Waals surface area contributed by atoms with Crippen LogP contribution in [0.25, 0.3) is 0 Å². The van der Waals surface area contributed by atoms with Gasteiger partial charge in [-0.3, -0.25) is 4.79 Å². The lowest BCUT2D eigenvalue weighted by Crippen LogP contribution is -2.41. The molecule has 1 aromatic carbocycles. The molecule has 0 aromatic heterocycles. The molecule has 0 bridgehead atoms. The van der Waals surface area contributed by atoms with Gasteiger partial charge in [-0.05, 0) is 37.1 Å². The second-order valence-electron chi connectivity index (χ2n) is 5.27. The van der Waals surface area contributed by atoms with Gasteiger partial charge in [0.1, 0.15) is 5.75 Å². The van der Waals surface area contributed by atoms with E-state index in [1.807, 2.05) is 6.92 Å². The number of ether oxygens (including phenoxy) is 1. The van der Waals surface area contributed by atoms with E-state index in [9.17, 15) is 13.6 Å². The third-order valence-electron chi connectivity index (χ3n) is 4.00. The van der Waals surface area contributed by atoms with Crippen molar-refractivity contribution in [2.45, 2.75) is 32.9 Å². The normalized spacial score (nSPS) is 21.5. The zero-order chi connectivity index (χ0) is 15.3. The van der Waals surface area contributed by atoms with Crippen molar-refractivity contribution in [1.82, 2.24) is 10.6 Å². The first-order valence-corrected chi connectivity index (χ1v) is 7.08. The molecule has 116 valence electrons. The highest BCUT2D eigenvalue weighted by molar-refractivity contribution is 5.83. The smallest absolute Gasteiger partial charge is 0.387 e. The molecule has 1 aliphatic rings. The van der Waals surface area contributed by atoms with E-state index < -0.39 is 6.61 Å². The summed E-state index contributed by atoms with van der Waals surface area (Å²) in [4.78, 5) is 12.3. The predicted octanol–water partition coefficient (Wildman–Crippen LogP) is 2.29. The molecule has 1 heterocycles. The number of rotatable bonds is 6. The Bertz CT molecular complexity index is 471. The number of carbonyl (C=O) groups excluding carboxylic acids is 1. The van der Waals surface area contributed by atoms with Gasteiger partial charge in [-0.15, -0.1) is 0 Å². The van der Waals surface area contributed by atoms with Gasteiger partial charge in [-0.1, -0.05) is 19.1 Å². The quantitative estimate of drug-likeness (QED) is 0.847. The van der Waals surface area contributed by atoms with Gasteiger partial charge in [-0.25, -0.2) is 0 Å². The number of carbonyl (C=O) groups is 1. The first-order valence-electron chi connectivity index (χ1n) is 7.08. The summed E-state index contributed by atoms with van der Waals surface area (Å²) in [6.45, 7) is 1.14. The maximum atomic E-state index is 12.3. The first-order chi connectivity index (χ1) is 10.1. The summed E-state index contributed by atoms with van der Waals surface area (Å²) < 4.78 is 28.4. The third-order valence-corrected chi connectivity index (χ3v) is 4.00. The van der Waals surface area contributed by atoms with Crippen molar-refractivity contribution in [3.63, 3.8) is 0 Å². The number of amides is 1. The molecule has 6 heteroatoms. The van der Waals surface area contributed by atoms with Crippen LogP contribution in [0.1, 0.15) is 25.3 Å². The fourth-order valence-corrected chi connectivity index (χ4v) is 2.56. The summed E-state index contributed by atoms with van der Waals surface area (Å²) in [5.74, 6) is 0.160. The van der Waals surface area contributed by atoms with E-state index in [1.165, 1.54) is 12.1 Å². The van der Waals surface area contributed by atoms with Crippen molar-refractivity contribution in [2.24, 2.45) is 5.41 Å². The van der Waals surface area contributed by atoms with E-state index in [0.29, 0.717) is 13.1 Å². The maximum absolute atomic E-state index is 12.3. The summed E-state index contributed by atoms with van der Waals surface area (Å²) in [5.41, 5.74) is 0.529. The monoisotopic (exact) mass is 298 g/mol. The van der Waals surface area contributed by atoms with Gasteiger partial charge in [0.2, 0.25) is 5.91 Å². The molecule has 2 rings (SSSR count). The minimum absolute atomic E-state index is 0.0444. The van der Waals surface area contributed by atoms with Gasteiger partial charge in [-0.2, -0.15) is 8.78 Å². The molecule has 1 unspecified atom stereocenters. The molecule has 0 radical (unpaired) electrons. The number of benzene rings is 1. The Morgan fingerprint density at radius 3 is 2.67 bits per heavy atom. The molecule has 1 aromatic rings. The molecule has 4 nitrogen and oxygen atoms in total. The highest BCUT2D eigenvalue weighted by atomic mass is 19.3. The maximum Gasteiger partial charge on any atom is 0.387 e. The Morgan fingerprint density at radius 1 is 1.43 bits per heavy atom. The number of halogens is 2. The summed E-state index contributed by atoms with van der Waals surface area (Å²) in [5, 5.41) is 6.15. The lowest BCUT2D eigenvalue weighted by molar-refractivity contribution is -0.130. The van der Waals surface area contributed by atoms with Gasteiger partial charge in [0, 0.05) is 13.1 Å². The molecular formula is C15H20F2N2O2. The van der Waals surface area contributed by atoms with Gasteiger partial charge in [0.15, 0.2) is 0 Å². The molecule has 21 heavy (non-hydrogen) atoms. The lowest BCUT2D eigenvalue weighted by Gasteiger charge is -2.25. The Labute approximate surface area is 122 Å². The standard InChI is InChI=1S/C15H20F2N2O2/c1-2-15(7-8-18-10-15)13(20)19-9-11-3-5-12(6-4-11)21-14(16)17/h3-6,14,18H,2,7-10H2,1H3,(H,19,20). The molecule has 0 aliphatic carbocycles. The Kier molecular flexibility index (Phi) is 5.12. The molecule has 1 amide bonds. The zero-order valence-corrected chi connectivity index (χ0v) is 12.0. The average molecular weight is 298 g/mol. The van der Waals surface area contributed by atoms with Gasteiger partial charge in [0.25, 0.3) is 0 Å². The van der Waals surface area contributed by atoms with Crippen molar-refractivity contribution >= 4 is 5.91 Å². The summed E-state index contributed by atoms with van der Waals surface area (Å²) in [6.07, 6.45) is 1.64. The molecular weight excluding hydrogens is 278 g/mol. The number of hydrogen-bond donors (Lipinski definition) is 2. The van der Waals surface area contributed by atoms with Crippen molar-refractivity contribution in [3.05, 3.63) is 29.8 Å². The fourth-order valence-electron chi connectivity index (χ4n) is 2.56. The van der Waals surface area contributed by atoms with Crippen LogP contribution < -0.4 is 15.4 Å². The fraction of sp³-hybridized carbons (Fsp3) is 0.533. The van der Waals surface area contributed by atoms with E-state index in [-0.39, 0.29) is 17.1 Å². The van der Waals surface area contributed by atoms with Crippen LogP contribution in [0.3, 0.4) is 0 Å². The topological polar surface area (TPSA) is 50.4 Å². The highest BCUT2D eigenvalue weighted by Gasteiger charge is 2.39. The molecule has 0 saturated carbocycles. The Morgan fingerprint density at radius 2 is 2.14 bits per heavy atom. The molecule has 1 saturated heterocycles. The molecule has 1 atom stereocenters. The molecule has 2 N–H and O–H groups in total. The summed E-state index contributed by atoms with van der Waals surface area (Å²) in [6, 6.07) is 6.29. The predicted molar refractivity (Wildman–Crippen MR) is 75.1 cm³/mol. The van der Waals surface area contributed by atoms with E-state index in [1.54, 1.807) is 12.1 Å². The van der Waals surface area contributed by atoms with Crippen LogP contribution in [0, 0.1) is 5.41 Å². The van der Waals surface area contributed by atoms with Crippen LogP contribution in [0.4, 0.5) is 8.78 Å². The van der Waals surface area contributed by atoms with Crippen LogP contribution in [0.5, 0.6) is 5.75 Å². The molecule has 1 aliphatic heterocycles. The minimum atomic E-state index is -2.82. The Hall–Kier alpha value is -1.69. The van der Waals surface area contributed by atoms with Gasteiger partial charge in [0.05, 0.1) is 5.41 Å². The molecule has 1 fully saturated rings. The van der Waals surface area contributed by atoms with E-state index >= 15 is 0 Å². The number of hydrogen-bond acceptors (Lipinski definition) is 3. The Balaban J connectivity index is 1.89. The van der Waals surface area contributed by atoms with Crippen LogP contribution in [0.15, 0.2) is 24.3 Å². The van der Waals surface area contributed by atoms with Gasteiger partial charge < -0.3 is 15.4 Å². The SMILES string of the molecule is CCC1(C(=O)NCc2ccc(OC(F)F)cc2)CCNC1. The summed E-state index contributed by atoms with van der Waals surface area (Å²) >= 11 is 0. The van der Waals surface area contributed by atoms with E-state index in [4.69, 9.17) is 0 Å². The lowest BCUT2D eigenvalue weighted by atomic mass is 9.83. The number of alkyl halides is 2. The second-order valence-corrected chi connectivity index (χ2v) is 5.27. The number of nitrogens with one attached hydrogen (secondary N) is 2. The second kappa shape index (κ2) is 6.85. The third kappa shape index (κ3) is 3.91. The van der Waals surface area contributed by atoms with Gasteiger partial charge >= 0.3 is 6.61 Å². The molecule has 0 spiro atoms. The van der Waals surface area contributed by atoms with Crippen LogP contribution >= 0.6 is 0 Å². The largest absolute Gasteiger partial charge is 0.435 e. The van der Waals surface area contributed by atoms with Crippen molar-refractivity contribution in [3.8, 4) is 5.75 Å². The van der Waals surface area contributed by atoms with Crippen LogP contribution in [-0.2, 0) is 11.3 Å². The van der Waals surface area contributed by atoms with Crippen LogP contribution in [0.2, 0.25) is 0 Å². The zero-order valence-electron chi connectivity index (χ0n) is 12.0. The minimum Gasteiger partial charge on any atom is -0.435 e. The van der Waals surface area contributed by atoms with Crippen molar-refractivity contribution in [2.75, 3.05) is 13.1 Å². The summed E-state index contributed by atoms with van der Waals surface area (Å²) in [7, 11) is 0.